The average Bonchev–Trinajstić information content (AvgIpc) is 2.92. The van der Waals surface area contributed by atoms with Gasteiger partial charge in [-0.15, -0.1) is 0 Å². The lowest BCUT2D eigenvalue weighted by atomic mass is 10.1. The number of likely N-dealkylation sites (N-methyl/N-ethyl adjacent to an activating group) is 1. The van der Waals surface area contributed by atoms with Gasteiger partial charge in [-0.1, -0.05) is 12.1 Å². The molecule has 2 N–H and O–H groups in total. The van der Waals surface area contributed by atoms with E-state index >= 15 is 0 Å². The molecule has 0 spiro atoms. The van der Waals surface area contributed by atoms with Crippen LogP contribution >= 0.6 is 0 Å². The minimum Gasteiger partial charge on any atom is -0.384 e. The van der Waals surface area contributed by atoms with Gasteiger partial charge in [0.25, 0.3) is 0 Å². The molecule has 128 valence electrons. The van der Waals surface area contributed by atoms with Gasteiger partial charge in [0.15, 0.2) is 0 Å². The van der Waals surface area contributed by atoms with Crippen LogP contribution in [0.4, 0.5) is 5.82 Å². The number of aryl methyl sites for hydroxylation is 2. The van der Waals surface area contributed by atoms with Crippen molar-refractivity contribution in [3.8, 4) is 0 Å². The maximum Gasteiger partial charge on any atom is 0.246 e. The highest BCUT2D eigenvalue weighted by molar-refractivity contribution is 5.91. The van der Waals surface area contributed by atoms with Crippen LogP contribution in [0.2, 0.25) is 0 Å². The van der Waals surface area contributed by atoms with Gasteiger partial charge in [-0.3, -0.25) is 4.79 Å². The first-order chi connectivity index (χ1) is 12.0. The summed E-state index contributed by atoms with van der Waals surface area (Å²) in [5.41, 5.74) is 9.92. The van der Waals surface area contributed by atoms with Crippen LogP contribution in [-0.2, 0) is 18.4 Å². The minimum absolute atomic E-state index is 0.0567. The molecule has 0 aliphatic rings. The van der Waals surface area contributed by atoms with Crippen molar-refractivity contribution in [2.45, 2.75) is 13.5 Å². The van der Waals surface area contributed by atoms with Crippen LogP contribution in [0, 0.1) is 6.92 Å². The third-order valence-corrected chi connectivity index (χ3v) is 4.41. The number of nitrogens with zero attached hydrogens (tertiary/aromatic N) is 3. The summed E-state index contributed by atoms with van der Waals surface area (Å²) >= 11 is 0. The second kappa shape index (κ2) is 6.81. The molecule has 25 heavy (non-hydrogen) atoms. The largest absolute Gasteiger partial charge is 0.384 e. The van der Waals surface area contributed by atoms with Gasteiger partial charge in [-0.25, -0.2) is 4.98 Å². The molecule has 0 saturated heterocycles. The predicted molar refractivity (Wildman–Crippen MR) is 102 cm³/mol. The first-order valence-electron chi connectivity index (χ1n) is 8.14. The Balaban J connectivity index is 1.74. The summed E-state index contributed by atoms with van der Waals surface area (Å²) < 4.78 is 2.14. The normalized spacial score (nSPS) is 11.3. The Labute approximate surface area is 147 Å². The smallest absolute Gasteiger partial charge is 0.246 e. The molecule has 2 aromatic heterocycles. The molecule has 2 heterocycles. The molecule has 1 amide bonds. The van der Waals surface area contributed by atoms with Crippen LogP contribution < -0.4 is 5.73 Å². The number of carbonyl (C=O) groups is 1. The Kier molecular flexibility index (Phi) is 4.57. The van der Waals surface area contributed by atoms with E-state index in [0.717, 1.165) is 11.3 Å². The lowest BCUT2D eigenvalue weighted by Crippen LogP contribution is -2.25. The number of rotatable bonds is 4. The fourth-order valence-electron chi connectivity index (χ4n) is 2.85. The third-order valence-electron chi connectivity index (χ3n) is 4.41. The molecule has 3 rings (SSSR count). The SMILES string of the molecule is Cc1cccc2c1cc(CN(C)C(=O)C=Cc1ccc(N)nc1)n2C. The van der Waals surface area contributed by atoms with Crippen molar-refractivity contribution in [2.24, 2.45) is 7.05 Å². The summed E-state index contributed by atoms with van der Waals surface area (Å²) in [6, 6.07) is 12.0. The summed E-state index contributed by atoms with van der Waals surface area (Å²) in [5, 5.41) is 1.23. The number of carbonyl (C=O) groups excluding carboxylic acids is 1. The van der Waals surface area contributed by atoms with Crippen LogP contribution in [0.5, 0.6) is 0 Å². The van der Waals surface area contributed by atoms with Crippen LogP contribution in [0.25, 0.3) is 17.0 Å². The topological polar surface area (TPSA) is 64.2 Å². The Morgan fingerprint density at radius 3 is 2.80 bits per heavy atom. The number of fused-ring (bicyclic) bond motifs is 1. The van der Waals surface area contributed by atoms with Gasteiger partial charge in [0.1, 0.15) is 5.82 Å². The molecule has 0 bridgehead atoms. The minimum atomic E-state index is -0.0567. The Morgan fingerprint density at radius 2 is 2.12 bits per heavy atom. The maximum absolute atomic E-state index is 12.4. The zero-order valence-corrected chi connectivity index (χ0v) is 14.7. The molecule has 0 unspecified atom stereocenters. The molecule has 0 aliphatic heterocycles. The number of pyridine rings is 1. The number of nitrogens with two attached hydrogens (primary N) is 1. The lowest BCUT2D eigenvalue weighted by Gasteiger charge is -2.15. The van der Waals surface area contributed by atoms with Gasteiger partial charge in [-0.05, 0) is 48.4 Å². The molecule has 0 aliphatic carbocycles. The number of hydrogen-bond donors (Lipinski definition) is 1. The maximum atomic E-state index is 12.4. The molecule has 0 radical (unpaired) electrons. The first-order valence-corrected chi connectivity index (χ1v) is 8.14. The van der Waals surface area contributed by atoms with Crippen molar-refractivity contribution in [2.75, 3.05) is 12.8 Å². The quantitative estimate of drug-likeness (QED) is 0.746. The zero-order chi connectivity index (χ0) is 18.0. The summed E-state index contributed by atoms with van der Waals surface area (Å²) in [7, 11) is 3.84. The van der Waals surface area contributed by atoms with E-state index in [1.165, 1.54) is 16.5 Å². The van der Waals surface area contributed by atoms with Crippen LogP contribution in [-0.4, -0.2) is 27.4 Å². The van der Waals surface area contributed by atoms with Crippen LogP contribution in [0.1, 0.15) is 16.8 Å². The van der Waals surface area contributed by atoms with Gasteiger partial charge in [-0.2, -0.15) is 0 Å². The van der Waals surface area contributed by atoms with Gasteiger partial charge < -0.3 is 15.2 Å². The van der Waals surface area contributed by atoms with E-state index in [-0.39, 0.29) is 5.91 Å². The van der Waals surface area contributed by atoms with E-state index in [0.29, 0.717) is 12.4 Å². The molecule has 0 saturated carbocycles. The summed E-state index contributed by atoms with van der Waals surface area (Å²) in [6.45, 7) is 2.65. The number of nitrogen functional groups attached to an aromatic ring is 1. The van der Waals surface area contributed by atoms with Crippen molar-refractivity contribution in [1.82, 2.24) is 14.5 Å². The molecule has 5 nitrogen and oxygen atoms in total. The summed E-state index contributed by atoms with van der Waals surface area (Å²) in [6.07, 6.45) is 4.95. The molecule has 0 fully saturated rings. The number of anilines is 1. The van der Waals surface area contributed by atoms with E-state index in [1.54, 1.807) is 36.4 Å². The molecule has 1 aromatic carbocycles. The van der Waals surface area contributed by atoms with Crippen molar-refractivity contribution >= 4 is 28.7 Å². The number of amides is 1. The van der Waals surface area contributed by atoms with Crippen molar-refractivity contribution in [3.05, 3.63) is 65.5 Å². The number of benzene rings is 1. The number of aromatic nitrogens is 2. The van der Waals surface area contributed by atoms with Crippen LogP contribution in [0.3, 0.4) is 0 Å². The van der Waals surface area contributed by atoms with Crippen molar-refractivity contribution in [1.29, 1.82) is 0 Å². The van der Waals surface area contributed by atoms with Crippen molar-refractivity contribution in [3.63, 3.8) is 0 Å². The van der Waals surface area contributed by atoms with E-state index < -0.39 is 0 Å². The van der Waals surface area contributed by atoms with Gasteiger partial charge in [0, 0.05) is 43.0 Å². The molecule has 3 aromatic rings. The van der Waals surface area contributed by atoms with Gasteiger partial charge in [0.05, 0.1) is 6.54 Å². The molecule has 5 heteroatoms. The van der Waals surface area contributed by atoms with E-state index in [1.807, 2.05) is 13.1 Å². The first kappa shape index (κ1) is 16.8. The van der Waals surface area contributed by atoms with Crippen molar-refractivity contribution < 1.29 is 4.79 Å². The lowest BCUT2D eigenvalue weighted by molar-refractivity contribution is -0.125. The molecular weight excluding hydrogens is 312 g/mol. The van der Waals surface area contributed by atoms with E-state index in [2.05, 4.69) is 40.7 Å². The number of hydrogen-bond acceptors (Lipinski definition) is 3. The second-order valence-electron chi connectivity index (χ2n) is 6.25. The summed E-state index contributed by atoms with van der Waals surface area (Å²) in [5.74, 6) is 0.408. The highest BCUT2D eigenvalue weighted by Crippen LogP contribution is 2.22. The second-order valence-corrected chi connectivity index (χ2v) is 6.25. The monoisotopic (exact) mass is 334 g/mol. The zero-order valence-electron chi connectivity index (χ0n) is 14.7. The Bertz CT molecular complexity index is 938. The van der Waals surface area contributed by atoms with E-state index in [4.69, 9.17) is 5.73 Å². The Hall–Kier alpha value is -3.08. The fourth-order valence-corrected chi connectivity index (χ4v) is 2.85. The highest BCUT2D eigenvalue weighted by atomic mass is 16.2. The fraction of sp³-hybridized carbons (Fsp3) is 0.200. The average molecular weight is 334 g/mol. The predicted octanol–water partition coefficient (Wildman–Crippen LogP) is 3.14. The van der Waals surface area contributed by atoms with Gasteiger partial charge >= 0.3 is 0 Å². The van der Waals surface area contributed by atoms with E-state index in [9.17, 15) is 4.79 Å². The highest BCUT2D eigenvalue weighted by Gasteiger charge is 2.11. The third kappa shape index (κ3) is 3.55. The Morgan fingerprint density at radius 1 is 1.32 bits per heavy atom. The molecule has 0 atom stereocenters. The standard InChI is InChI=1S/C20H22N4O/c1-14-5-4-6-18-17(14)11-16(24(18)3)13-23(2)20(25)10-8-15-7-9-19(21)22-12-15/h4-12H,13H2,1-3H3,(H2,21,22). The molecular formula is C20H22N4O. The van der Waals surface area contributed by atoms with Gasteiger partial charge in [0.2, 0.25) is 5.91 Å². The van der Waals surface area contributed by atoms with Crippen LogP contribution in [0.15, 0.2) is 48.7 Å². The summed E-state index contributed by atoms with van der Waals surface area (Å²) in [4.78, 5) is 18.1.